The number of nitrogen functional groups attached to an aromatic ring is 1. The molecule has 1 heterocycles. The highest BCUT2D eigenvalue weighted by Gasteiger charge is 2.25. The molecule has 1 saturated heterocycles. The molecule has 15 heavy (non-hydrogen) atoms. The standard InChI is InChI=1S/C11H14INOS/c1-7-10(4-5-14-7)15-11-3-2-8(13)6-9(11)12/h2-3,6-7,10H,4-5,13H2,1H3. The van der Waals surface area contributed by atoms with Gasteiger partial charge in [-0.3, -0.25) is 0 Å². The quantitative estimate of drug-likeness (QED) is 0.666. The van der Waals surface area contributed by atoms with Crippen molar-refractivity contribution >= 4 is 40.0 Å². The summed E-state index contributed by atoms with van der Waals surface area (Å²) in [7, 11) is 0. The molecule has 2 unspecified atom stereocenters. The molecule has 2 N–H and O–H groups in total. The van der Waals surface area contributed by atoms with Crippen LogP contribution in [0.2, 0.25) is 0 Å². The van der Waals surface area contributed by atoms with Gasteiger partial charge in [-0.05, 0) is 54.1 Å². The third-order valence-corrected chi connectivity index (χ3v) is 5.33. The highest BCUT2D eigenvalue weighted by Crippen LogP contribution is 2.35. The second kappa shape index (κ2) is 4.93. The third-order valence-electron chi connectivity index (χ3n) is 2.54. The monoisotopic (exact) mass is 335 g/mol. The van der Waals surface area contributed by atoms with Crippen LogP contribution in [-0.4, -0.2) is 18.0 Å². The molecule has 2 rings (SSSR count). The van der Waals surface area contributed by atoms with Crippen molar-refractivity contribution in [2.24, 2.45) is 0 Å². The predicted molar refractivity (Wildman–Crippen MR) is 73.2 cm³/mol. The number of ether oxygens (including phenoxy) is 1. The first-order valence-electron chi connectivity index (χ1n) is 5.00. The fourth-order valence-electron chi connectivity index (χ4n) is 1.64. The van der Waals surface area contributed by atoms with E-state index in [1.165, 1.54) is 8.47 Å². The van der Waals surface area contributed by atoms with Gasteiger partial charge >= 0.3 is 0 Å². The van der Waals surface area contributed by atoms with E-state index in [1.807, 2.05) is 23.9 Å². The first-order valence-corrected chi connectivity index (χ1v) is 6.96. The Bertz CT molecular complexity index is 358. The Labute approximate surface area is 108 Å². The number of nitrogens with two attached hydrogens (primary N) is 1. The predicted octanol–water partition coefficient (Wildman–Crippen LogP) is 3.14. The van der Waals surface area contributed by atoms with E-state index in [2.05, 4.69) is 35.6 Å². The van der Waals surface area contributed by atoms with Crippen LogP contribution >= 0.6 is 34.4 Å². The van der Waals surface area contributed by atoms with Gasteiger partial charge in [0.05, 0.1) is 6.10 Å². The fraction of sp³-hybridized carbons (Fsp3) is 0.455. The summed E-state index contributed by atoms with van der Waals surface area (Å²) < 4.78 is 6.79. The molecule has 2 nitrogen and oxygen atoms in total. The minimum absolute atomic E-state index is 0.364. The molecular weight excluding hydrogens is 321 g/mol. The first kappa shape index (κ1) is 11.5. The van der Waals surface area contributed by atoms with Crippen LogP contribution in [0.5, 0.6) is 0 Å². The van der Waals surface area contributed by atoms with Crippen molar-refractivity contribution in [3.63, 3.8) is 0 Å². The van der Waals surface area contributed by atoms with E-state index >= 15 is 0 Å². The lowest BCUT2D eigenvalue weighted by atomic mass is 10.3. The largest absolute Gasteiger partial charge is 0.399 e. The number of rotatable bonds is 2. The van der Waals surface area contributed by atoms with E-state index in [1.54, 1.807) is 0 Å². The molecule has 0 radical (unpaired) electrons. The van der Waals surface area contributed by atoms with Crippen LogP contribution in [0.1, 0.15) is 13.3 Å². The third kappa shape index (κ3) is 2.79. The average Bonchev–Trinajstić information content (AvgIpc) is 2.57. The van der Waals surface area contributed by atoms with E-state index in [4.69, 9.17) is 10.5 Å². The molecule has 1 aromatic rings. The van der Waals surface area contributed by atoms with E-state index in [0.29, 0.717) is 11.4 Å². The lowest BCUT2D eigenvalue weighted by Crippen LogP contribution is -2.13. The summed E-state index contributed by atoms with van der Waals surface area (Å²) >= 11 is 4.24. The molecule has 0 bridgehead atoms. The zero-order valence-electron chi connectivity index (χ0n) is 8.57. The van der Waals surface area contributed by atoms with Gasteiger partial charge in [0.25, 0.3) is 0 Å². The lowest BCUT2D eigenvalue weighted by Gasteiger charge is -2.14. The van der Waals surface area contributed by atoms with Crippen molar-refractivity contribution in [2.45, 2.75) is 29.6 Å². The van der Waals surface area contributed by atoms with Crippen LogP contribution in [0.4, 0.5) is 5.69 Å². The van der Waals surface area contributed by atoms with Crippen molar-refractivity contribution < 1.29 is 4.74 Å². The van der Waals surface area contributed by atoms with E-state index < -0.39 is 0 Å². The van der Waals surface area contributed by atoms with Gasteiger partial charge in [-0.25, -0.2) is 0 Å². The van der Waals surface area contributed by atoms with Crippen molar-refractivity contribution in [3.05, 3.63) is 21.8 Å². The Morgan fingerprint density at radius 1 is 1.53 bits per heavy atom. The molecule has 0 aliphatic carbocycles. The van der Waals surface area contributed by atoms with Crippen LogP contribution in [0.25, 0.3) is 0 Å². The Morgan fingerprint density at radius 2 is 2.33 bits per heavy atom. The van der Waals surface area contributed by atoms with Gasteiger partial charge in [-0.2, -0.15) is 0 Å². The summed E-state index contributed by atoms with van der Waals surface area (Å²) in [5.41, 5.74) is 6.56. The van der Waals surface area contributed by atoms with Gasteiger partial charge < -0.3 is 10.5 Å². The number of hydrogen-bond donors (Lipinski definition) is 1. The number of anilines is 1. The lowest BCUT2D eigenvalue weighted by molar-refractivity contribution is 0.127. The van der Waals surface area contributed by atoms with Crippen molar-refractivity contribution in [3.8, 4) is 0 Å². The highest BCUT2D eigenvalue weighted by atomic mass is 127. The number of hydrogen-bond acceptors (Lipinski definition) is 3. The molecule has 2 atom stereocenters. The second-order valence-corrected chi connectivity index (χ2v) is 6.15. The van der Waals surface area contributed by atoms with Crippen LogP contribution in [0.15, 0.2) is 23.1 Å². The van der Waals surface area contributed by atoms with Gasteiger partial charge in [-0.15, -0.1) is 11.8 Å². The zero-order valence-corrected chi connectivity index (χ0v) is 11.5. The summed E-state index contributed by atoms with van der Waals surface area (Å²) in [6.45, 7) is 3.04. The van der Waals surface area contributed by atoms with E-state index in [-0.39, 0.29) is 0 Å². The molecule has 1 aliphatic heterocycles. The van der Waals surface area contributed by atoms with Crippen molar-refractivity contribution in [1.29, 1.82) is 0 Å². The maximum Gasteiger partial charge on any atom is 0.0669 e. The summed E-state index contributed by atoms with van der Waals surface area (Å²) in [5, 5.41) is 0.585. The highest BCUT2D eigenvalue weighted by molar-refractivity contribution is 14.1. The van der Waals surface area contributed by atoms with Crippen LogP contribution < -0.4 is 5.73 Å². The molecule has 0 amide bonds. The van der Waals surface area contributed by atoms with Crippen LogP contribution in [-0.2, 0) is 4.74 Å². The SMILES string of the molecule is CC1OCCC1Sc1ccc(N)cc1I. The van der Waals surface area contributed by atoms with Gasteiger partial charge in [0.15, 0.2) is 0 Å². The summed E-state index contributed by atoms with van der Waals surface area (Å²) in [6.07, 6.45) is 1.51. The second-order valence-electron chi connectivity index (χ2n) is 3.71. The maximum absolute atomic E-state index is 5.72. The van der Waals surface area contributed by atoms with E-state index in [9.17, 15) is 0 Å². The van der Waals surface area contributed by atoms with Crippen LogP contribution in [0, 0.1) is 3.57 Å². The molecule has 0 aromatic heterocycles. The average molecular weight is 335 g/mol. The Morgan fingerprint density at radius 3 is 2.93 bits per heavy atom. The summed E-state index contributed by atoms with van der Waals surface area (Å²) in [5.74, 6) is 0. The first-order chi connectivity index (χ1) is 7.16. The minimum Gasteiger partial charge on any atom is -0.399 e. The normalized spacial score (nSPS) is 25.7. The molecule has 0 saturated carbocycles. The number of thioether (sulfide) groups is 1. The zero-order chi connectivity index (χ0) is 10.8. The topological polar surface area (TPSA) is 35.2 Å². The Kier molecular flexibility index (Phi) is 3.79. The molecule has 1 fully saturated rings. The van der Waals surface area contributed by atoms with Gasteiger partial charge in [-0.1, -0.05) is 0 Å². The molecular formula is C11H14INOS. The number of halogens is 1. The fourth-order valence-corrected chi connectivity index (χ4v) is 3.69. The maximum atomic E-state index is 5.72. The summed E-state index contributed by atoms with van der Waals surface area (Å²) in [6, 6.07) is 6.08. The van der Waals surface area contributed by atoms with Gasteiger partial charge in [0.2, 0.25) is 0 Å². The Balaban J connectivity index is 2.10. The van der Waals surface area contributed by atoms with Gasteiger partial charge in [0, 0.05) is 26.0 Å². The smallest absolute Gasteiger partial charge is 0.0669 e. The molecule has 82 valence electrons. The molecule has 1 aromatic carbocycles. The molecule has 1 aliphatic rings. The number of benzene rings is 1. The van der Waals surface area contributed by atoms with Crippen molar-refractivity contribution in [2.75, 3.05) is 12.3 Å². The van der Waals surface area contributed by atoms with E-state index in [0.717, 1.165) is 18.7 Å². The minimum atomic E-state index is 0.364. The summed E-state index contributed by atoms with van der Waals surface area (Å²) in [4.78, 5) is 1.31. The Hall–Kier alpha value is 0.0600. The van der Waals surface area contributed by atoms with Crippen LogP contribution in [0.3, 0.4) is 0 Å². The molecule has 0 spiro atoms. The van der Waals surface area contributed by atoms with Crippen molar-refractivity contribution in [1.82, 2.24) is 0 Å². The van der Waals surface area contributed by atoms with Gasteiger partial charge in [0.1, 0.15) is 0 Å². The molecule has 4 heteroatoms.